The number of aromatic nitrogens is 4. The molecule has 1 aliphatic rings. The molecule has 0 bridgehead atoms. The van der Waals surface area contributed by atoms with Crippen LogP contribution >= 0.6 is 0 Å². The Hall–Kier alpha value is -3.74. The minimum Gasteiger partial charge on any atom is -0.451 e. The maximum absolute atomic E-state index is 12.8. The topological polar surface area (TPSA) is 83.0 Å². The van der Waals surface area contributed by atoms with Gasteiger partial charge in [0, 0.05) is 11.5 Å². The number of hydrogen-bond donors (Lipinski definition) is 0. The lowest BCUT2D eigenvalue weighted by Crippen LogP contribution is -2.12. The minimum atomic E-state index is -0.478. The fourth-order valence-corrected chi connectivity index (χ4v) is 3.34. The molecule has 7 nitrogen and oxygen atoms in total. The predicted octanol–water partition coefficient (Wildman–Crippen LogP) is 4.47. The van der Waals surface area contributed by atoms with Gasteiger partial charge in [-0.1, -0.05) is 47.6 Å². The summed E-state index contributed by atoms with van der Waals surface area (Å²) in [5.41, 5.74) is 4.06. The highest BCUT2D eigenvalue weighted by Crippen LogP contribution is 2.39. The molecule has 0 atom stereocenters. The molecule has 0 unspecified atom stereocenters. The van der Waals surface area contributed by atoms with Crippen molar-refractivity contribution in [1.82, 2.24) is 19.9 Å². The number of hydrogen-bond acceptors (Lipinski definition) is 6. The molecule has 2 aromatic carbocycles. The predicted molar refractivity (Wildman–Crippen MR) is 109 cm³/mol. The second-order valence-corrected chi connectivity index (χ2v) is 7.38. The third-order valence-electron chi connectivity index (χ3n) is 5.11. The van der Waals surface area contributed by atoms with Gasteiger partial charge < -0.3 is 9.26 Å². The molecule has 4 aromatic rings. The molecule has 0 N–H and O–H groups in total. The number of esters is 1. The summed E-state index contributed by atoms with van der Waals surface area (Å²) in [6.45, 7) is 1.88. The van der Waals surface area contributed by atoms with E-state index in [9.17, 15) is 4.79 Å². The lowest BCUT2D eigenvalue weighted by Gasteiger charge is -2.06. The average Bonchev–Trinajstić information content (AvgIpc) is 3.35. The number of para-hydroxylation sites is 1. The van der Waals surface area contributed by atoms with Gasteiger partial charge in [0.05, 0.1) is 11.4 Å². The van der Waals surface area contributed by atoms with Gasteiger partial charge in [0.1, 0.15) is 0 Å². The highest BCUT2D eigenvalue weighted by molar-refractivity contribution is 5.88. The molecule has 30 heavy (non-hydrogen) atoms. The lowest BCUT2D eigenvalue weighted by atomic mass is 10.1. The van der Waals surface area contributed by atoms with Crippen LogP contribution in [0, 0.1) is 6.92 Å². The Labute approximate surface area is 173 Å². The normalized spacial score (nSPS) is 13.4. The maximum Gasteiger partial charge on any atom is 0.357 e. The van der Waals surface area contributed by atoms with Gasteiger partial charge in [0.2, 0.25) is 5.82 Å². The molecule has 2 aromatic heterocycles. The summed E-state index contributed by atoms with van der Waals surface area (Å²) in [4.78, 5) is 17.2. The summed E-state index contributed by atoms with van der Waals surface area (Å²) in [6, 6.07) is 19.2. The van der Waals surface area contributed by atoms with E-state index in [1.165, 1.54) is 0 Å². The first kappa shape index (κ1) is 18.3. The van der Waals surface area contributed by atoms with E-state index in [4.69, 9.17) is 9.26 Å². The van der Waals surface area contributed by atoms with Crippen LogP contribution < -0.4 is 0 Å². The number of ether oxygens (including phenoxy) is 1. The zero-order valence-electron chi connectivity index (χ0n) is 16.5. The molecule has 0 radical (unpaired) electrons. The zero-order chi connectivity index (χ0) is 20.5. The van der Waals surface area contributed by atoms with E-state index in [2.05, 4.69) is 15.2 Å². The summed E-state index contributed by atoms with van der Waals surface area (Å²) in [5.74, 6) is 0.669. The molecule has 0 amide bonds. The van der Waals surface area contributed by atoms with Crippen LogP contribution in [0.2, 0.25) is 0 Å². The van der Waals surface area contributed by atoms with Crippen molar-refractivity contribution in [3.63, 3.8) is 0 Å². The van der Waals surface area contributed by atoms with Crippen molar-refractivity contribution < 1.29 is 14.1 Å². The van der Waals surface area contributed by atoms with Gasteiger partial charge in [0.25, 0.3) is 5.89 Å². The SMILES string of the molecule is Cc1ccccc1-c1noc(COC(=O)c2cc(C3CC3)nn2-c2ccccc2)n1. The molecule has 1 aliphatic carbocycles. The Balaban J connectivity index is 1.35. The van der Waals surface area contributed by atoms with Crippen molar-refractivity contribution in [2.45, 2.75) is 32.3 Å². The first-order valence-corrected chi connectivity index (χ1v) is 9.90. The van der Waals surface area contributed by atoms with Crippen molar-refractivity contribution in [1.29, 1.82) is 0 Å². The molecular formula is C23H20N4O3. The quantitative estimate of drug-likeness (QED) is 0.444. The number of benzene rings is 2. The van der Waals surface area contributed by atoms with Gasteiger partial charge in [-0.25, -0.2) is 9.48 Å². The van der Waals surface area contributed by atoms with Gasteiger partial charge in [-0.2, -0.15) is 10.1 Å². The van der Waals surface area contributed by atoms with Crippen molar-refractivity contribution in [2.24, 2.45) is 0 Å². The molecule has 7 heteroatoms. The van der Waals surface area contributed by atoms with E-state index >= 15 is 0 Å². The van der Waals surface area contributed by atoms with Gasteiger partial charge in [-0.05, 0) is 43.5 Å². The monoisotopic (exact) mass is 400 g/mol. The standard InChI is InChI=1S/C23H20N4O3/c1-15-7-5-6-10-18(15)22-24-21(30-26-22)14-29-23(28)20-13-19(16-11-12-16)25-27(20)17-8-3-2-4-9-17/h2-10,13,16H,11-12,14H2,1H3. The van der Waals surface area contributed by atoms with E-state index in [0.29, 0.717) is 17.4 Å². The smallest absolute Gasteiger partial charge is 0.357 e. The van der Waals surface area contributed by atoms with Gasteiger partial charge in [-0.15, -0.1) is 0 Å². The fourth-order valence-electron chi connectivity index (χ4n) is 3.34. The second-order valence-electron chi connectivity index (χ2n) is 7.38. The molecule has 5 rings (SSSR count). The van der Waals surface area contributed by atoms with Gasteiger partial charge in [-0.3, -0.25) is 0 Å². The Morgan fingerprint density at radius 1 is 1.13 bits per heavy atom. The third kappa shape index (κ3) is 3.61. The minimum absolute atomic E-state index is 0.101. The zero-order valence-corrected chi connectivity index (χ0v) is 16.5. The Morgan fingerprint density at radius 3 is 2.67 bits per heavy atom. The van der Waals surface area contributed by atoms with E-state index < -0.39 is 5.97 Å². The van der Waals surface area contributed by atoms with E-state index in [0.717, 1.165) is 35.3 Å². The summed E-state index contributed by atoms with van der Waals surface area (Å²) >= 11 is 0. The summed E-state index contributed by atoms with van der Waals surface area (Å²) in [6.07, 6.45) is 2.20. The molecule has 150 valence electrons. The third-order valence-corrected chi connectivity index (χ3v) is 5.11. The van der Waals surface area contributed by atoms with Gasteiger partial charge in [0.15, 0.2) is 12.3 Å². The highest BCUT2D eigenvalue weighted by atomic mass is 16.6. The van der Waals surface area contributed by atoms with E-state index in [1.807, 2.05) is 67.6 Å². The van der Waals surface area contributed by atoms with E-state index in [-0.39, 0.29) is 12.5 Å². The largest absolute Gasteiger partial charge is 0.451 e. The van der Waals surface area contributed by atoms with Crippen LogP contribution in [0.25, 0.3) is 17.1 Å². The van der Waals surface area contributed by atoms with Crippen LogP contribution in [0.5, 0.6) is 0 Å². The summed E-state index contributed by atoms with van der Waals surface area (Å²) in [5, 5.41) is 8.64. The highest BCUT2D eigenvalue weighted by Gasteiger charge is 2.29. The van der Waals surface area contributed by atoms with Crippen molar-refractivity contribution >= 4 is 5.97 Å². The van der Waals surface area contributed by atoms with E-state index in [1.54, 1.807) is 4.68 Å². The van der Waals surface area contributed by atoms with Crippen LogP contribution in [0.15, 0.2) is 65.2 Å². The molecule has 1 fully saturated rings. The van der Waals surface area contributed by atoms with Crippen LogP contribution in [0.1, 0.15) is 46.4 Å². The van der Waals surface area contributed by atoms with Crippen molar-refractivity contribution in [3.05, 3.63) is 83.5 Å². The first-order valence-electron chi connectivity index (χ1n) is 9.90. The van der Waals surface area contributed by atoms with Crippen LogP contribution in [-0.4, -0.2) is 25.9 Å². The Bertz CT molecular complexity index is 1190. The number of carbonyl (C=O) groups is 1. The van der Waals surface area contributed by atoms with Crippen molar-refractivity contribution in [2.75, 3.05) is 0 Å². The number of carbonyl (C=O) groups excluding carboxylic acids is 1. The van der Waals surface area contributed by atoms with Crippen LogP contribution in [0.4, 0.5) is 0 Å². The first-order chi connectivity index (χ1) is 14.7. The molecular weight excluding hydrogens is 380 g/mol. The molecule has 0 spiro atoms. The van der Waals surface area contributed by atoms with Gasteiger partial charge >= 0.3 is 5.97 Å². The molecule has 1 saturated carbocycles. The summed E-state index contributed by atoms with van der Waals surface area (Å²) in [7, 11) is 0. The lowest BCUT2D eigenvalue weighted by molar-refractivity contribution is 0.0419. The Kier molecular flexibility index (Phi) is 4.63. The molecule has 2 heterocycles. The number of nitrogens with zero attached hydrogens (tertiary/aromatic N) is 4. The number of aryl methyl sites for hydroxylation is 1. The molecule has 0 aliphatic heterocycles. The number of rotatable bonds is 6. The maximum atomic E-state index is 12.8. The van der Waals surface area contributed by atoms with Crippen LogP contribution in [0.3, 0.4) is 0 Å². The second kappa shape index (κ2) is 7.59. The van der Waals surface area contributed by atoms with Crippen molar-refractivity contribution in [3.8, 4) is 17.1 Å². The van der Waals surface area contributed by atoms with Crippen LogP contribution in [-0.2, 0) is 11.3 Å². The summed E-state index contributed by atoms with van der Waals surface area (Å²) < 4.78 is 12.4. The average molecular weight is 400 g/mol. The Morgan fingerprint density at radius 2 is 1.90 bits per heavy atom. The molecule has 0 saturated heterocycles. The fraction of sp³-hybridized carbons (Fsp3) is 0.217.